The number of phenols is 1. The predicted octanol–water partition coefficient (Wildman–Crippen LogP) is 1.73. The lowest BCUT2D eigenvalue weighted by atomic mass is 10.0. The molecule has 0 heterocycles. The molecule has 3 nitrogen and oxygen atoms in total. The molecule has 0 aromatic heterocycles. The SMILES string of the molecule is Cc1ccc(C(C)NC(C)CO)c(O)c1. The Bertz CT molecular complexity index is 325. The highest BCUT2D eigenvalue weighted by Crippen LogP contribution is 2.25. The standard InChI is InChI=1S/C12H19NO2/c1-8-4-5-11(12(15)6-8)10(3)13-9(2)7-14/h4-6,9-10,13-15H,7H2,1-3H3. The maximum absolute atomic E-state index is 9.74. The van der Waals surface area contributed by atoms with Crippen LogP contribution in [0.4, 0.5) is 0 Å². The number of hydrogen-bond donors (Lipinski definition) is 3. The van der Waals surface area contributed by atoms with E-state index in [1.165, 1.54) is 0 Å². The molecule has 1 rings (SSSR count). The molecule has 0 amide bonds. The highest BCUT2D eigenvalue weighted by atomic mass is 16.3. The third-order valence-corrected chi connectivity index (χ3v) is 2.46. The van der Waals surface area contributed by atoms with Crippen molar-refractivity contribution in [2.24, 2.45) is 0 Å². The molecule has 1 aromatic rings. The second-order valence-electron chi connectivity index (χ2n) is 4.03. The summed E-state index contributed by atoms with van der Waals surface area (Å²) in [5, 5.41) is 21.9. The molecule has 0 saturated carbocycles. The minimum atomic E-state index is 0.0284. The van der Waals surface area contributed by atoms with E-state index in [4.69, 9.17) is 5.11 Å². The first-order valence-electron chi connectivity index (χ1n) is 5.21. The van der Waals surface area contributed by atoms with Gasteiger partial charge >= 0.3 is 0 Å². The van der Waals surface area contributed by atoms with E-state index in [2.05, 4.69) is 5.32 Å². The van der Waals surface area contributed by atoms with Crippen molar-refractivity contribution in [3.63, 3.8) is 0 Å². The molecule has 1 aromatic carbocycles. The molecular formula is C12H19NO2. The van der Waals surface area contributed by atoms with E-state index >= 15 is 0 Å². The van der Waals surface area contributed by atoms with E-state index in [1.807, 2.05) is 32.9 Å². The molecule has 15 heavy (non-hydrogen) atoms. The Morgan fingerprint density at radius 2 is 2.00 bits per heavy atom. The Balaban J connectivity index is 2.77. The summed E-state index contributed by atoms with van der Waals surface area (Å²) in [4.78, 5) is 0. The third-order valence-electron chi connectivity index (χ3n) is 2.46. The lowest BCUT2D eigenvalue weighted by Gasteiger charge is -2.19. The topological polar surface area (TPSA) is 52.5 Å². The van der Waals surface area contributed by atoms with Gasteiger partial charge in [0, 0.05) is 17.6 Å². The van der Waals surface area contributed by atoms with Crippen molar-refractivity contribution in [2.45, 2.75) is 32.9 Å². The van der Waals surface area contributed by atoms with Crippen molar-refractivity contribution in [2.75, 3.05) is 6.61 Å². The van der Waals surface area contributed by atoms with E-state index < -0.39 is 0 Å². The smallest absolute Gasteiger partial charge is 0.120 e. The third kappa shape index (κ3) is 3.22. The molecule has 3 heteroatoms. The van der Waals surface area contributed by atoms with E-state index in [-0.39, 0.29) is 18.7 Å². The molecule has 0 bridgehead atoms. The van der Waals surface area contributed by atoms with E-state index in [1.54, 1.807) is 6.07 Å². The first kappa shape index (κ1) is 12.0. The lowest BCUT2D eigenvalue weighted by Crippen LogP contribution is -2.31. The molecule has 0 saturated heterocycles. The van der Waals surface area contributed by atoms with Crippen LogP contribution in [0.2, 0.25) is 0 Å². The Morgan fingerprint density at radius 1 is 1.33 bits per heavy atom. The summed E-state index contributed by atoms with van der Waals surface area (Å²) in [5.74, 6) is 0.306. The Hall–Kier alpha value is -1.06. The Labute approximate surface area is 90.8 Å². The monoisotopic (exact) mass is 209 g/mol. The number of aliphatic hydroxyl groups excluding tert-OH is 1. The van der Waals surface area contributed by atoms with Gasteiger partial charge in [-0.15, -0.1) is 0 Å². The zero-order valence-electron chi connectivity index (χ0n) is 9.49. The van der Waals surface area contributed by atoms with Gasteiger partial charge in [0.15, 0.2) is 0 Å². The van der Waals surface area contributed by atoms with Crippen LogP contribution in [0.1, 0.15) is 31.0 Å². The van der Waals surface area contributed by atoms with Crippen LogP contribution in [0.15, 0.2) is 18.2 Å². The van der Waals surface area contributed by atoms with Gasteiger partial charge in [0.1, 0.15) is 5.75 Å². The van der Waals surface area contributed by atoms with Crippen LogP contribution in [0.25, 0.3) is 0 Å². The first-order chi connectivity index (χ1) is 7.04. The molecule has 0 radical (unpaired) electrons. The van der Waals surface area contributed by atoms with Crippen molar-refractivity contribution in [3.8, 4) is 5.75 Å². The van der Waals surface area contributed by atoms with Gasteiger partial charge in [-0.3, -0.25) is 0 Å². The molecule has 2 atom stereocenters. The highest BCUT2D eigenvalue weighted by molar-refractivity contribution is 5.37. The average Bonchev–Trinajstić information content (AvgIpc) is 2.17. The summed E-state index contributed by atoms with van der Waals surface area (Å²) in [6, 6.07) is 5.69. The number of aliphatic hydroxyl groups is 1. The van der Waals surface area contributed by atoms with Crippen LogP contribution >= 0.6 is 0 Å². The van der Waals surface area contributed by atoms with Crippen LogP contribution in [0.5, 0.6) is 5.75 Å². The normalized spacial score (nSPS) is 14.9. The molecule has 84 valence electrons. The summed E-state index contributed by atoms with van der Waals surface area (Å²) in [6.45, 7) is 5.91. The van der Waals surface area contributed by atoms with Gasteiger partial charge in [-0.1, -0.05) is 12.1 Å². The van der Waals surface area contributed by atoms with Crippen LogP contribution < -0.4 is 5.32 Å². The van der Waals surface area contributed by atoms with E-state index in [0.717, 1.165) is 11.1 Å². The second-order valence-corrected chi connectivity index (χ2v) is 4.03. The maximum atomic E-state index is 9.74. The number of aromatic hydroxyl groups is 1. The van der Waals surface area contributed by atoms with Crippen molar-refractivity contribution in [1.82, 2.24) is 5.32 Å². The fourth-order valence-corrected chi connectivity index (χ4v) is 1.59. The number of hydrogen-bond acceptors (Lipinski definition) is 3. The fourth-order valence-electron chi connectivity index (χ4n) is 1.59. The number of phenolic OH excluding ortho intramolecular Hbond substituents is 1. The first-order valence-corrected chi connectivity index (χ1v) is 5.21. The molecule has 3 N–H and O–H groups in total. The second kappa shape index (κ2) is 5.14. The van der Waals surface area contributed by atoms with Gasteiger partial charge < -0.3 is 15.5 Å². The predicted molar refractivity (Wildman–Crippen MR) is 60.9 cm³/mol. The molecule has 0 aliphatic rings. The van der Waals surface area contributed by atoms with Gasteiger partial charge in [-0.2, -0.15) is 0 Å². The zero-order chi connectivity index (χ0) is 11.4. The minimum absolute atomic E-state index is 0.0284. The van der Waals surface area contributed by atoms with Crippen LogP contribution in [-0.2, 0) is 0 Å². The Kier molecular flexibility index (Phi) is 4.12. The quantitative estimate of drug-likeness (QED) is 0.708. The van der Waals surface area contributed by atoms with Crippen LogP contribution in [0, 0.1) is 6.92 Å². The largest absolute Gasteiger partial charge is 0.508 e. The van der Waals surface area contributed by atoms with Gasteiger partial charge in [0.25, 0.3) is 0 Å². The number of benzene rings is 1. The van der Waals surface area contributed by atoms with Crippen molar-refractivity contribution < 1.29 is 10.2 Å². The van der Waals surface area contributed by atoms with Gasteiger partial charge in [0.05, 0.1) is 6.61 Å². The molecule has 0 spiro atoms. The summed E-state index contributed by atoms with van der Waals surface area (Å²) in [5.41, 5.74) is 1.90. The maximum Gasteiger partial charge on any atom is 0.120 e. The van der Waals surface area contributed by atoms with Gasteiger partial charge in [0.2, 0.25) is 0 Å². The molecular weight excluding hydrogens is 190 g/mol. The summed E-state index contributed by atoms with van der Waals surface area (Å²) >= 11 is 0. The molecule has 2 unspecified atom stereocenters. The van der Waals surface area contributed by atoms with Crippen LogP contribution in [0.3, 0.4) is 0 Å². The highest BCUT2D eigenvalue weighted by Gasteiger charge is 2.12. The summed E-state index contributed by atoms with van der Waals surface area (Å²) < 4.78 is 0. The lowest BCUT2D eigenvalue weighted by molar-refractivity contribution is 0.242. The molecule has 0 fully saturated rings. The average molecular weight is 209 g/mol. The van der Waals surface area contributed by atoms with E-state index in [0.29, 0.717) is 5.75 Å². The molecule has 0 aliphatic heterocycles. The van der Waals surface area contributed by atoms with E-state index in [9.17, 15) is 5.11 Å². The van der Waals surface area contributed by atoms with Crippen molar-refractivity contribution in [3.05, 3.63) is 29.3 Å². The van der Waals surface area contributed by atoms with Gasteiger partial charge in [-0.25, -0.2) is 0 Å². The van der Waals surface area contributed by atoms with Crippen molar-refractivity contribution >= 4 is 0 Å². The number of rotatable bonds is 4. The van der Waals surface area contributed by atoms with Gasteiger partial charge in [-0.05, 0) is 32.4 Å². The molecule has 0 aliphatic carbocycles. The summed E-state index contributed by atoms with van der Waals surface area (Å²) in [7, 11) is 0. The van der Waals surface area contributed by atoms with Crippen LogP contribution in [-0.4, -0.2) is 22.9 Å². The fraction of sp³-hybridized carbons (Fsp3) is 0.500. The number of aryl methyl sites for hydroxylation is 1. The van der Waals surface area contributed by atoms with Crippen molar-refractivity contribution in [1.29, 1.82) is 0 Å². The summed E-state index contributed by atoms with van der Waals surface area (Å²) in [6.07, 6.45) is 0. The minimum Gasteiger partial charge on any atom is -0.508 e. The zero-order valence-corrected chi connectivity index (χ0v) is 9.49. The Morgan fingerprint density at radius 3 is 2.53 bits per heavy atom. The number of nitrogens with one attached hydrogen (secondary N) is 1.